The second-order valence-electron chi connectivity index (χ2n) is 6.76. The summed E-state index contributed by atoms with van der Waals surface area (Å²) < 4.78 is 0. The predicted octanol–water partition coefficient (Wildman–Crippen LogP) is 2.25. The number of hydrogen-bond donors (Lipinski definition) is 1. The average Bonchev–Trinajstić information content (AvgIpc) is 2.70. The molecule has 0 aliphatic carbocycles. The summed E-state index contributed by atoms with van der Waals surface area (Å²) in [6.07, 6.45) is 0.738. The Morgan fingerprint density at radius 2 is 1.11 bits per heavy atom. The number of rotatable bonds is 5. The fourth-order valence-corrected chi connectivity index (χ4v) is 3.30. The number of piperazine rings is 1. The van der Waals surface area contributed by atoms with Crippen LogP contribution in [0.15, 0.2) is 48.5 Å². The van der Waals surface area contributed by atoms with Crippen molar-refractivity contribution in [2.45, 2.75) is 19.4 Å². The zero-order valence-corrected chi connectivity index (χ0v) is 16.0. The molecule has 0 saturated carbocycles. The van der Waals surface area contributed by atoms with E-state index in [9.17, 15) is 9.59 Å². The number of amides is 2. The molecule has 27 heavy (non-hydrogen) atoms. The second kappa shape index (κ2) is 9.02. The van der Waals surface area contributed by atoms with E-state index in [2.05, 4.69) is 0 Å². The first kappa shape index (κ1) is 19.4. The summed E-state index contributed by atoms with van der Waals surface area (Å²) in [5.74, 6) is 0.182. The highest BCUT2D eigenvalue weighted by molar-refractivity contribution is 6.30. The van der Waals surface area contributed by atoms with Crippen LogP contribution in [0.3, 0.4) is 0 Å². The van der Waals surface area contributed by atoms with Crippen LogP contribution >= 0.6 is 11.6 Å². The standard InChI is InChI=1S/C21H24ClN3O2/c22-19-7-5-17(6-8-19)14-21(27)25-11-9-24(10-12-25)20(26)13-16-1-3-18(15-23)4-2-16/h1-8H,9-15,23H2. The molecule has 0 unspecified atom stereocenters. The lowest BCUT2D eigenvalue weighted by atomic mass is 10.1. The Morgan fingerprint density at radius 1 is 0.741 bits per heavy atom. The lowest BCUT2D eigenvalue weighted by Crippen LogP contribution is -2.51. The summed E-state index contributed by atoms with van der Waals surface area (Å²) in [6, 6.07) is 15.1. The van der Waals surface area contributed by atoms with Crippen molar-refractivity contribution in [1.82, 2.24) is 9.80 Å². The summed E-state index contributed by atoms with van der Waals surface area (Å²) in [5.41, 5.74) is 8.58. The van der Waals surface area contributed by atoms with Crippen LogP contribution in [0.2, 0.25) is 5.02 Å². The van der Waals surface area contributed by atoms with E-state index in [0.717, 1.165) is 16.7 Å². The van der Waals surface area contributed by atoms with E-state index in [1.54, 1.807) is 12.1 Å². The average molecular weight is 386 g/mol. The first-order chi connectivity index (χ1) is 13.0. The van der Waals surface area contributed by atoms with Crippen molar-refractivity contribution in [2.75, 3.05) is 26.2 Å². The van der Waals surface area contributed by atoms with Crippen LogP contribution < -0.4 is 5.73 Å². The third-order valence-corrected chi connectivity index (χ3v) is 5.12. The maximum Gasteiger partial charge on any atom is 0.227 e. The minimum Gasteiger partial charge on any atom is -0.339 e. The molecule has 0 bridgehead atoms. The third-order valence-electron chi connectivity index (χ3n) is 4.87. The zero-order valence-electron chi connectivity index (χ0n) is 15.2. The highest BCUT2D eigenvalue weighted by Gasteiger charge is 2.24. The van der Waals surface area contributed by atoms with Crippen LogP contribution in [-0.4, -0.2) is 47.8 Å². The normalized spacial score (nSPS) is 14.3. The Morgan fingerprint density at radius 3 is 1.52 bits per heavy atom. The second-order valence-corrected chi connectivity index (χ2v) is 7.20. The number of halogens is 1. The molecule has 1 aliphatic rings. The van der Waals surface area contributed by atoms with Gasteiger partial charge in [0.1, 0.15) is 0 Å². The minimum atomic E-state index is 0.0850. The zero-order chi connectivity index (χ0) is 19.2. The predicted molar refractivity (Wildman–Crippen MR) is 106 cm³/mol. The molecule has 2 aromatic carbocycles. The summed E-state index contributed by atoms with van der Waals surface area (Å²) >= 11 is 5.88. The largest absolute Gasteiger partial charge is 0.339 e. The highest BCUT2D eigenvalue weighted by atomic mass is 35.5. The van der Waals surface area contributed by atoms with E-state index in [0.29, 0.717) is 50.6 Å². The molecule has 1 aliphatic heterocycles. The van der Waals surface area contributed by atoms with Crippen molar-refractivity contribution in [2.24, 2.45) is 5.73 Å². The Hall–Kier alpha value is -2.37. The molecule has 2 N–H and O–H groups in total. The smallest absolute Gasteiger partial charge is 0.227 e. The summed E-state index contributed by atoms with van der Waals surface area (Å²) in [6.45, 7) is 2.80. The molecular weight excluding hydrogens is 362 g/mol. The van der Waals surface area contributed by atoms with Crippen molar-refractivity contribution < 1.29 is 9.59 Å². The molecule has 1 saturated heterocycles. The van der Waals surface area contributed by atoms with Crippen LogP contribution in [0.25, 0.3) is 0 Å². The summed E-state index contributed by atoms with van der Waals surface area (Å²) in [4.78, 5) is 28.6. The van der Waals surface area contributed by atoms with Crippen molar-refractivity contribution in [3.8, 4) is 0 Å². The topological polar surface area (TPSA) is 66.6 Å². The van der Waals surface area contributed by atoms with Gasteiger partial charge in [-0.25, -0.2) is 0 Å². The monoisotopic (exact) mass is 385 g/mol. The van der Waals surface area contributed by atoms with Gasteiger partial charge < -0.3 is 15.5 Å². The Bertz CT molecular complexity index is 782. The summed E-state index contributed by atoms with van der Waals surface area (Å²) in [7, 11) is 0. The van der Waals surface area contributed by atoms with Crippen molar-refractivity contribution in [3.05, 3.63) is 70.2 Å². The Balaban J connectivity index is 1.47. The maximum atomic E-state index is 12.5. The number of carbonyl (C=O) groups is 2. The quantitative estimate of drug-likeness (QED) is 0.858. The Labute approximate surface area is 164 Å². The SMILES string of the molecule is NCc1ccc(CC(=O)N2CCN(C(=O)Cc3ccc(Cl)cc3)CC2)cc1. The number of benzene rings is 2. The van der Waals surface area contributed by atoms with Crippen molar-refractivity contribution >= 4 is 23.4 Å². The van der Waals surface area contributed by atoms with Crippen LogP contribution in [0.1, 0.15) is 16.7 Å². The number of carbonyl (C=O) groups excluding carboxylic acids is 2. The van der Waals surface area contributed by atoms with E-state index in [1.807, 2.05) is 46.2 Å². The molecule has 0 atom stereocenters. The number of nitrogens with zero attached hydrogens (tertiary/aromatic N) is 2. The third kappa shape index (κ3) is 5.31. The molecule has 142 valence electrons. The van der Waals surface area contributed by atoms with E-state index >= 15 is 0 Å². The van der Waals surface area contributed by atoms with Gasteiger partial charge in [0.25, 0.3) is 0 Å². The van der Waals surface area contributed by atoms with Gasteiger partial charge in [0, 0.05) is 37.7 Å². The molecule has 6 heteroatoms. The van der Waals surface area contributed by atoms with Crippen LogP contribution in [-0.2, 0) is 29.0 Å². The molecular formula is C21H24ClN3O2. The van der Waals surface area contributed by atoms with Crippen molar-refractivity contribution in [3.63, 3.8) is 0 Å². The lowest BCUT2D eigenvalue weighted by molar-refractivity contribution is -0.138. The van der Waals surface area contributed by atoms with Crippen LogP contribution in [0, 0.1) is 0 Å². The summed E-state index contributed by atoms with van der Waals surface area (Å²) in [5, 5.41) is 0.663. The molecule has 2 aromatic rings. The molecule has 0 spiro atoms. The lowest BCUT2D eigenvalue weighted by Gasteiger charge is -2.35. The van der Waals surface area contributed by atoms with E-state index < -0.39 is 0 Å². The van der Waals surface area contributed by atoms with Crippen LogP contribution in [0.4, 0.5) is 0 Å². The minimum absolute atomic E-state index is 0.0850. The van der Waals surface area contributed by atoms with Gasteiger partial charge in [0.15, 0.2) is 0 Å². The van der Waals surface area contributed by atoms with E-state index in [1.165, 1.54) is 0 Å². The van der Waals surface area contributed by atoms with Gasteiger partial charge in [-0.05, 0) is 28.8 Å². The van der Waals surface area contributed by atoms with E-state index in [-0.39, 0.29) is 11.8 Å². The fourth-order valence-electron chi connectivity index (χ4n) is 3.17. The molecule has 0 radical (unpaired) electrons. The first-order valence-electron chi connectivity index (χ1n) is 9.13. The molecule has 0 aromatic heterocycles. The van der Waals surface area contributed by atoms with Gasteiger partial charge >= 0.3 is 0 Å². The van der Waals surface area contributed by atoms with Gasteiger partial charge in [-0.3, -0.25) is 9.59 Å². The maximum absolute atomic E-state index is 12.5. The molecule has 2 amide bonds. The van der Waals surface area contributed by atoms with Gasteiger partial charge in [-0.1, -0.05) is 48.0 Å². The van der Waals surface area contributed by atoms with Crippen LogP contribution in [0.5, 0.6) is 0 Å². The van der Waals surface area contributed by atoms with Gasteiger partial charge in [-0.15, -0.1) is 0 Å². The number of hydrogen-bond acceptors (Lipinski definition) is 3. The van der Waals surface area contributed by atoms with Gasteiger partial charge in [0.2, 0.25) is 11.8 Å². The van der Waals surface area contributed by atoms with Gasteiger partial charge in [0.05, 0.1) is 12.8 Å². The molecule has 5 nitrogen and oxygen atoms in total. The van der Waals surface area contributed by atoms with Gasteiger partial charge in [-0.2, -0.15) is 0 Å². The first-order valence-corrected chi connectivity index (χ1v) is 9.51. The Kier molecular flexibility index (Phi) is 6.48. The molecule has 1 fully saturated rings. The highest BCUT2D eigenvalue weighted by Crippen LogP contribution is 2.13. The molecule has 1 heterocycles. The van der Waals surface area contributed by atoms with E-state index in [4.69, 9.17) is 17.3 Å². The molecule has 3 rings (SSSR count). The fraction of sp³-hybridized carbons (Fsp3) is 0.333. The number of nitrogens with two attached hydrogens (primary N) is 1. The van der Waals surface area contributed by atoms with Crippen molar-refractivity contribution in [1.29, 1.82) is 0 Å².